The van der Waals surface area contributed by atoms with E-state index in [2.05, 4.69) is 10.5 Å². The largest absolute Gasteiger partial charge is 0.416 e. The summed E-state index contributed by atoms with van der Waals surface area (Å²) in [5.41, 5.74) is 0.241. The molecule has 1 N–H and O–H groups in total. The van der Waals surface area contributed by atoms with Crippen LogP contribution in [-0.4, -0.2) is 11.1 Å². The number of carbonyl (C=O) groups excluding carboxylic acids is 1. The average Bonchev–Trinajstić information content (AvgIpc) is 3.08. The molecule has 2 aromatic carbocycles. The molecule has 0 unspecified atom stereocenters. The summed E-state index contributed by atoms with van der Waals surface area (Å²) in [7, 11) is 0. The van der Waals surface area contributed by atoms with E-state index in [4.69, 9.17) is 16.1 Å². The van der Waals surface area contributed by atoms with Crippen LogP contribution in [0.4, 0.5) is 13.2 Å². The molecule has 1 heterocycles. The van der Waals surface area contributed by atoms with Gasteiger partial charge in [-0.25, -0.2) is 0 Å². The third kappa shape index (κ3) is 4.23. The number of carbonyl (C=O) groups is 1. The Morgan fingerprint density at radius 3 is 2.54 bits per heavy atom. The van der Waals surface area contributed by atoms with E-state index in [9.17, 15) is 18.0 Å². The van der Waals surface area contributed by atoms with Gasteiger partial charge < -0.3 is 9.84 Å². The molecule has 0 aliphatic heterocycles. The Hall–Kier alpha value is -2.80. The van der Waals surface area contributed by atoms with Crippen molar-refractivity contribution in [2.45, 2.75) is 12.7 Å². The molecule has 0 atom stereocenters. The normalized spacial score (nSPS) is 11.4. The second-order valence-electron chi connectivity index (χ2n) is 5.45. The van der Waals surface area contributed by atoms with Crippen LogP contribution < -0.4 is 5.32 Å². The molecular weight excluding hydrogens is 369 g/mol. The highest BCUT2D eigenvalue weighted by molar-refractivity contribution is 6.30. The maximum absolute atomic E-state index is 12.7. The first kappa shape index (κ1) is 18.0. The highest BCUT2D eigenvalue weighted by Gasteiger charge is 2.30. The predicted molar refractivity (Wildman–Crippen MR) is 89.6 cm³/mol. The molecule has 3 aromatic rings. The number of hydrogen-bond donors (Lipinski definition) is 1. The summed E-state index contributed by atoms with van der Waals surface area (Å²) in [6.45, 7) is 0.0200. The van der Waals surface area contributed by atoms with Crippen LogP contribution in [-0.2, 0) is 12.7 Å². The second kappa shape index (κ2) is 7.21. The number of rotatable bonds is 4. The monoisotopic (exact) mass is 380 g/mol. The molecule has 0 radical (unpaired) electrons. The van der Waals surface area contributed by atoms with E-state index >= 15 is 0 Å². The third-order valence-electron chi connectivity index (χ3n) is 3.57. The minimum absolute atomic E-state index is 0.0200. The van der Waals surface area contributed by atoms with Gasteiger partial charge >= 0.3 is 6.18 Å². The number of nitrogens with one attached hydrogen (secondary N) is 1. The van der Waals surface area contributed by atoms with Crippen molar-refractivity contribution >= 4 is 17.5 Å². The van der Waals surface area contributed by atoms with E-state index in [0.717, 1.165) is 17.7 Å². The number of halogens is 4. The summed E-state index contributed by atoms with van der Waals surface area (Å²) in [5.74, 6) is -0.142. The Labute approximate surface area is 151 Å². The lowest BCUT2D eigenvalue weighted by Gasteiger charge is -2.08. The van der Waals surface area contributed by atoms with Gasteiger partial charge in [-0.2, -0.15) is 13.2 Å². The fourth-order valence-corrected chi connectivity index (χ4v) is 2.38. The summed E-state index contributed by atoms with van der Waals surface area (Å²) in [6, 6.07) is 12.8. The van der Waals surface area contributed by atoms with E-state index in [-0.39, 0.29) is 12.1 Å². The van der Waals surface area contributed by atoms with E-state index in [1.165, 1.54) is 12.1 Å². The summed E-state index contributed by atoms with van der Waals surface area (Å²) >= 11 is 5.82. The highest BCUT2D eigenvalue weighted by Crippen LogP contribution is 2.29. The molecule has 0 saturated heterocycles. The van der Waals surface area contributed by atoms with Crippen molar-refractivity contribution in [3.63, 3.8) is 0 Å². The maximum atomic E-state index is 12.7. The van der Waals surface area contributed by atoms with Gasteiger partial charge in [-0.3, -0.25) is 4.79 Å². The van der Waals surface area contributed by atoms with E-state index in [1.54, 1.807) is 30.3 Å². The molecule has 0 aliphatic rings. The van der Waals surface area contributed by atoms with Crippen LogP contribution in [0.25, 0.3) is 11.3 Å². The molecule has 26 heavy (non-hydrogen) atoms. The highest BCUT2D eigenvalue weighted by atomic mass is 35.5. The van der Waals surface area contributed by atoms with Gasteiger partial charge in [0.15, 0.2) is 5.76 Å². The van der Waals surface area contributed by atoms with Gasteiger partial charge in [0, 0.05) is 22.2 Å². The zero-order valence-corrected chi connectivity index (χ0v) is 13.9. The molecule has 0 spiro atoms. The third-order valence-corrected chi connectivity index (χ3v) is 3.82. The lowest BCUT2D eigenvalue weighted by molar-refractivity contribution is -0.137. The maximum Gasteiger partial charge on any atom is 0.416 e. The van der Waals surface area contributed by atoms with Crippen molar-refractivity contribution in [2.24, 2.45) is 0 Å². The standard InChI is InChI=1S/C18H12ClF3N2O2/c19-14-6-4-11(5-7-14)16-9-15(24-26-16)10-23-17(25)12-2-1-3-13(8-12)18(20,21)22/h1-9H,10H2,(H,23,25). The van der Waals surface area contributed by atoms with Crippen molar-refractivity contribution < 1.29 is 22.5 Å². The Morgan fingerprint density at radius 1 is 1.12 bits per heavy atom. The molecule has 134 valence electrons. The minimum Gasteiger partial charge on any atom is -0.356 e. The summed E-state index contributed by atoms with van der Waals surface area (Å²) in [4.78, 5) is 12.1. The fraction of sp³-hybridized carbons (Fsp3) is 0.111. The first-order valence-corrected chi connectivity index (χ1v) is 7.88. The Kier molecular flexibility index (Phi) is 4.99. The first-order valence-electron chi connectivity index (χ1n) is 7.50. The van der Waals surface area contributed by atoms with Crippen LogP contribution >= 0.6 is 11.6 Å². The van der Waals surface area contributed by atoms with Crippen molar-refractivity contribution in [1.82, 2.24) is 10.5 Å². The second-order valence-corrected chi connectivity index (χ2v) is 5.89. The lowest BCUT2D eigenvalue weighted by Crippen LogP contribution is -2.23. The quantitative estimate of drug-likeness (QED) is 0.697. The summed E-state index contributed by atoms with van der Waals surface area (Å²) in [6.07, 6.45) is -4.50. The van der Waals surface area contributed by atoms with Crippen LogP contribution in [0.2, 0.25) is 5.02 Å². The molecule has 8 heteroatoms. The van der Waals surface area contributed by atoms with Gasteiger partial charge in [-0.05, 0) is 42.5 Å². The molecule has 4 nitrogen and oxygen atoms in total. The molecule has 0 bridgehead atoms. The number of hydrogen-bond acceptors (Lipinski definition) is 3. The predicted octanol–water partition coefficient (Wildman–Crippen LogP) is 4.94. The van der Waals surface area contributed by atoms with Gasteiger partial charge in [0.05, 0.1) is 12.1 Å². The fourth-order valence-electron chi connectivity index (χ4n) is 2.25. The van der Waals surface area contributed by atoms with Crippen LogP contribution in [0, 0.1) is 0 Å². The number of alkyl halides is 3. The van der Waals surface area contributed by atoms with Gasteiger partial charge in [-0.1, -0.05) is 22.8 Å². The molecule has 1 aromatic heterocycles. The van der Waals surface area contributed by atoms with Crippen molar-refractivity contribution in [3.05, 3.63) is 76.4 Å². The number of aromatic nitrogens is 1. The van der Waals surface area contributed by atoms with Crippen LogP contribution in [0.3, 0.4) is 0 Å². The van der Waals surface area contributed by atoms with Crippen molar-refractivity contribution in [3.8, 4) is 11.3 Å². The van der Waals surface area contributed by atoms with Crippen molar-refractivity contribution in [2.75, 3.05) is 0 Å². The van der Waals surface area contributed by atoms with E-state index < -0.39 is 17.6 Å². The minimum atomic E-state index is -4.50. The Balaban J connectivity index is 1.66. The van der Waals surface area contributed by atoms with Crippen molar-refractivity contribution in [1.29, 1.82) is 0 Å². The molecule has 0 fully saturated rings. The van der Waals surface area contributed by atoms with E-state index in [0.29, 0.717) is 16.5 Å². The average molecular weight is 381 g/mol. The summed E-state index contributed by atoms with van der Waals surface area (Å²) in [5, 5.41) is 6.94. The summed E-state index contributed by atoms with van der Waals surface area (Å²) < 4.78 is 43.3. The van der Waals surface area contributed by atoms with Crippen LogP contribution in [0.5, 0.6) is 0 Å². The zero-order valence-electron chi connectivity index (χ0n) is 13.2. The molecule has 0 saturated carbocycles. The molecule has 0 aliphatic carbocycles. The first-order chi connectivity index (χ1) is 12.3. The molecule has 3 rings (SSSR count). The zero-order chi connectivity index (χ0) is 18.7. The van der Waals surface area contributed by atoms with E-state index in [1.807, 2.05) is 0 Å². The smallest absolute Gasteiger partial charge is 0.356 e. The molecular formula is C18H12ClF3N2O2. The van der Waals surface area contributed by atoms with Gasteiger partial charge in [-0.15, -0.1) is 0 Å². The topological polar surface area (TPSA) is 55.1 Å². The number of amides is 1. The lowest BCUT2D eigenvalue weighted by atomic mass is 10.1. The molecule has 1 amide bonds. The van der Waals surface area contributed by atoms with Gasteiger partial charge in [0.1, 0.15) is 5.69 Å². The van der Waals surface area contributed by atoms with Gasteiger partial charge in [0.2, 0.25) is 0 Å². The Bertz CT molecular complexity index is 921. The Morgan fingerprint density at radius 2 is 1.85 bits per heavy atom. The van der Waals surface area contributed by atoms with Crippen LogP contribution in [0.1, 0.15) is 21.6 Å². The number of nitrogens with zero attached hydrogens (tertiary/aromatic N) is 1. The number of benzene rings is 2. The van der Waals surface area contributed by atoms with Gasteiger partial charge in [0.25, 0.3) is 5.91 Å². The SMILES string of the molecule is O=C(NCc1cc(-c2ccc(Cl)cc2)on1)c1cccc(C(F)(F)F)c1. The van der Waals surface area contributed by atoms with Crippen LogP contribution in [0.15, 0.2) is 59.1 Å².